The summed E-state index contributed by atoms with van der Waals surface area (Å²) >= 11 is 0. The number of sulfonamides is 1. The molecule has 0 aromatic carbocycles. The van der Waals surface area contributed by atoms with Crippen LogP contribution < -0.4 is 5.43 Å². The number of ether oxygens (including phenoxy) is 2. The average Bonchev–Trinajstić information content (AvgIpc) is 3.11. The first-order valence-corrected chi connectivity index (χ1v) is 14.3. The molecule has 3 amide bonds. The number of hydrazine groups is 1. The van der Waals surface area contributed by atoms with E-state index in [1.807, 2.05) is 0 Å². The molecule has 1 saturated heterocycles. The Morgan fingerprint density at radius 1 is 1.03 bits per heavy atom. The molecule has 2 bridgehead atoms. The van der Waals surface area contributed by atoms with Gasteiger partial charge in [-0.3, -0.25) is 4.79 Å². The molecule has 3 aliphatic rings. The van der Waals surface area contributed by atoms with Crippen LogP contribution in [0.1, 0.15) is 88.5 Å². The zero-order chi connectivity index (χ0) is 27.6. The number of fused-ring (bicyclic) bond motifs is 1. The van der Waals surface area contributed by atoms with E-state index in [0.717, 1.165) is 22.2 Å². The zero-order valence-electron chi connectivity index (χ0n) is 23.3. The molecule has 10 nitrogen and oxygen atoms in total. The van der Waals surface area contributed by atoms with E-state index in [4.69, 9.17) is 9.47 Å². The van der Waals surface area contributed by atoms with Crippen molar-refractivity contribution >= 4 is 28.1 Å². The Morgan fingerprint density at radius 2 is 1.58 bits per heavy atom. The second-order valence-corrected chi connectivity index (χ2v) is 15.3. The third kappa shape index (κ3) is 4.91. The molecule has 0 aromatic rings. The Bertz CT molecular complexity index is 1030. The standard InChI is InChI=1S/C25H43N3O7S/c1-15(2)18(27(21(31)35-23(6,7)8)26-20(30)34-22(3,4)5)19(29)28-17-13-16-11-12-25(17,24(16,9)10)14-36(28,32)33/h15-18H,11-14H2,1-10H3,(H,26,30)/t16-,17-,18-,25-/m1/s1. The summed E-state index contributed by atoms with van der Waals surface area (Å²) in [5.41, 5.74) is -0.137. The quantitative estimate of drug-likeness (QED) is 0.547. The van der Waals surface area contributed by atoms with Crippen molar-refractivity contribution in [2.45, 2.75) is 112 Å². The van der Waals surface area contributed by atoms with E-state index in [-0.39, 0.29) is 11.2 Å². The minimum atomic E-state index is -3.93. The minimum Gasteiger partial charge on any atom is -0.443 e. The van der Waals surface area contributed by atoms with Crippen molar-refractivity contribution in [2.75, 3.05) is 5.75 Å². The van der Waals surface area contributed by atoms with Gasteiger partial charge in [-0.2, -0.15) is 0 Å². The van der Waals surface area contributed by atoms with Crippen LogP contribution in [0.25, 0.3) is 0 Å². The van der Waals surface area contributed by atoms with Crippen LogP contribution in [0.2, 0.25) is 0 Å². The number of carbonyl (C=O) groups is 3. The molecule has 1 aliphatic heterocycles. The number of amides is 3. The van der Waals surface area contributed by atoms with Crippen molar-refractivity contribution in [1.29, 1.82) is 0 Å². The summed E-state index contributed by atoms with van der Waals surface area (Å²) < 4.78 is 38.8. The molecule has 3 rings (SSSR count). The van der Waals surface area contributed by atoms with Crippen LogP contribution in [0, 0.1) is 22.7 Å². The fraction of sp³-hybridized carbons (Fsp3) is 0.880. The fourth-order valence-corrected chi connectivity index (χ4v) is 8.90. The predicted octanol–water partition coefficient (Wildman–Crippen LogP) is 4.05. The van der Waals surface area contributed by atoms with E-state index >= 15 is 0 Å². The molecule has 2 aliphatic carbocycles. The Labute approximate surface area is 215 Å². The number of nitrogens with zero attached hydrogens (tertiary/aromatic N) is 2. The molecule has 4 atom stereocenters. The Balaban J connectivity index is 2.01. The fourth-order valence-electron chi connectivity index (χ4n) is 6.34. The lowest BCUT2D eigenvalue weighted by Crippen LogP contribution is -2.62. The lowest BCUT2D eigenvalue weighted by atomic mass is 9.69. The topological polar surface area (TPSA) is 122 Å². The van der Waals surface area contributed by atoms with Crippen molar-refractivity contribution < 1.29 is 32.3 Å². The highest BCUT2D eigenvalue weighted by Gasteiger charge is 2.72. The smallest absolute Gasteiger partial charge is 0.430 e. The highest BCUT2D eigenvalue weighted by Crippen LogP contribution is 2.70. The summed E-state index contributed by atoms with van der Waals surface area (Å²) in [5, 5.41) is 0.797. The normalized spacial score (nSPS) is 29.0. The van der Waals surface area contributed by atoms with Gasteiger partial charge < -0.3 is 9.47 Å². The minimum absolute atomic E-state index is 0.0867. The van der Waals surface area contributed by atoms with Gasteiger partial charge in [0.1, 0.15) is 17.2 Å². The number of hydrogen-bond acceptors (Lipinski definition) is 7. The number of carbonyl (C=O) groups excluding carboxylic acids is 3. The first-order valence-electron chi connectivity index (χ1n) is 12.7. The zero-order valence-corrected chi connectivity index (χ0v) is 24.1. The molecule has 1 spiro atoms. The van der Waals surface area contributed by atoms with Crippen molar-refractivity contribution in [1.82, 2.24) is 14.7 Å². The van der Waals surface area contributed by atoms with Gasteiger partial charge in [0.25, 0.3) is 5.91 Å². The van der Waals surface area contributed by atoms with Crippen LogP contribution in [-0.2, 0) is 24.3 Å². The maximum absolute atomic E-state index is 14.1. The van der Waals surface area contributed by atoms with E-state index in [2.05, 4.69) is 19.3 Å². The molecule has 1 heterocycles. The first kappa shape index (κ1) is 28.5. The maximum atomic E-state index is 14.1. The average molecular weight is 530 g/mol. The second kappa shape index (κ2) is 8.77. The third-order valence-electron chi connectivity index (χ3n) is 7.99. The number of rotatable bonds is 3. The van der Waals surface area contributed by atoms with E-state index < -0.39 is 62.7 Å². The van der Waals surface area contributed by atoms with Gasteiger partial charge in [-0.15, -0.1) is 0 Å². The summed E-state index contributed by atoms with van der Waals surface area (Å²) in [6, 6.07) is -1.79. The molecule has 36 heavy (non-hydrogen) atoms. The SMILES string of the molecule is CC(C)[C@H](C(=O)N1[C@@H]2C[C@H]3CC[C@]2(CS1(=O)=O)C3(C)C)N(NC(=O)OC(C)(C)C)C(=O)OC(C)(C)C. The molecule has 3 fully saturated rings. The Hall–Kier alpha value is -2.04. The summed E-state index contributed by atoms with van der Waals surface area (Å²) in [5.74, 6) is -1.04. The molecule has 206 valence electrons. The lowest BCUT2D eigenvalue weighted by molar-refractivity contribution is -0.137. The van der Waals surface area contributed by atoms with Gasteiger partial charge in [0, 0.05) is 5.41 Å². The molecule has 11 heteroatoms. The Kier molecular flexibility index (Phi) is 6.95. The highest BCUT2D eigenvalue weighted by molar-refractivity contribution is 7.90. The number of hydrogen-bond donors (Lipinski definition) is 1. The Morgan fingerprint density at radius 3 is 2.06 bits per heavy atom. The van der Waals surface area contributed by atoms with Crippen LogP contribution in [0.5, 0.6) is 0 Å². The molecule has 0 aromatic heterocycles. The summed E-state index contributed by atoms with van der Waals surface area (Å²) in [6.45, 7) is 17.6. The van der Waals surface area contributed by atoms with Gasteiger partial charge >= 0.3 is 12.2 Å². The van der Waals surface area contributed by atoms with Crippen LogP contribution >= 0.6 is 0 Å². The van der Waals surface area contributed by atoms with Gasteiger partial charge in [0.15, 0.2) is 0 Å². The maximum Gasteiger partial charge on any atom is 0.430 e. The summed E-state index contributed by atoms with van der Waals surface area (Å²) in [7, 11) is -3.93. The van der Waals surface area contributed by atoms with E-state index in [9.17, 15) is 22.8 Å². The van der Waals surface area contributed by atoms with Gasteiger partial charge in [0.05, 0.1) is 11.8 Å². The second-order valence-electron chi connectivity index (χ2n) is 13.4. The van der Waals surface area contributed by atoms with Gasteiger partial charge in [-0.05, 0) is 78.1 Å². The highest BCUT2D eigenvalue weighted by atomic mass is 32.2. The van der Waals surface area contributed by atoms with Crippen LogP contribution in [0.4, 0.5) is 9.59 Å². The van der Waals surface area contributed by atoms with Crippen LogP contribution in [0.15, 0.2) is 0 Å². The van der Waals surface area contributed by atoms with Gasteiger partial charge in [0.2, 0.25) is 10.0 Å². The molecule has 0 radical (unpaired) electrons. The van der Waals surface area contributed by atoms with Crippen LogP contribution in [0.3, 0.4) is 0 Å². The van der Waals surface area contributed by atoms with Crippen molar-refractivity contribution in [2.24, 2.45) is 22.7 Å². The van der Waals surface area contributed by atoms with E-state index in [0.29, 0.717) is 12.3 Å². The monoisotopic (exact) mass is 529 g/mol. The van der Waals surface area contributed by atoms with Crippen molar-refractivity contribution in [3.8, 4) is 0 Å². The van der Waals surface area contributed by atoms with Crippen LogP contribution in [-0.4, -0.2) is 64.9 Å². The first-order chi connectivity index (χ1) is 16.1. The summed E-state index contributed by atoms with van der Waals surface area (Å²) in [6.07, 6.45) is 0.373. The summed E-state index contributed by atoms with van der Waals surface area (Å²) in [4.78, 5) is 40.1. The van der Waals surface area contributed by atoms with Gasteiger partial charge in [-0.1, -0.05) is 27.7 Å². The lowest BCUT2D eigenvalue weighted by Gasteiger charge is -2.39. The van der Waals surface area contributed by atoms with Gasteiger partial charge in [-0.25, -0.2) is 32.7 Å². The van der Waals surface area contributed by atoms with E-state index in [1.54, 1.807) is 55.4 Å². The molecular weight excluding hydrogens is 486 g/mol. The molecule has 2 saturated carbocycles. The molecule has 1 N–H and O–H groups in total. The largest absolute Gasteiger partial charge is 0.443 e. The molecular formula is C25H43N3O7S. The molecule has 0 unspecified atom stereocenters. The van der Waals surface area contributed by atoms with Crippen molar-refractivity contribution in [3.05, 3.63) is 0 Å². The third-order valence-corrected chi connectivity index (χ3v) is 9.91. The van der Waals surface area contributed by atoms with E-state index in [1.165, 1.54) is 0 Å². The predicted molar refractivity (Wildman–Crippen MR) is 134 cm³/mol. The number of nitrogens with one attached hydrogen (secondary N) is 1. The van der Waals surface area contributed by atoms with Crippen molar-refractivity contribution in [3.63, 3.8) is 0 Å².